The Balaban J connectivity index is 1.67. The molecule has 2 aromatic carbocycles. The van der Waals surface area contributed by atoms with E-state index in [0.717, 1.165) is 42.4 Å². The van der Waals surface area contributed by atoms with Gasteiger partial charge in [0.05, 0.1) is 17.3 Å². The Morgan fingerprint density at radius 3 is 2.53 bits per heavy atom. The molecular formula is C25H27N3O4. The number of fused-ring (bicyclic) bond motifs is 2. The number of piperidine rings is 1. The number of aromatic hydroxyl groups is 1. The molecule has 0 saturated carbocycles. The number of hydrogen-bond donors (Lipinski definition) is 2. The highest BCUT2D eigenvalue weighted by atomic mass is 16.6. The van der Waals surface area contributed by atoms with E-state index in [0.29, 0.717) is 41.6 Å². The van der Waals surface area contributed by atoms with Gasteiger partial charge in [0.15, 0.2) is 23.2 Å². The molecule has 0 bridgehead atoms. The lowest BCUT2D eigenvalue weighted by atomic mass is 9.97. The van der Waals surface area contributed by atoms with Crippen LogP contribution in [0.15, 0.2) is 41.4 Å². The molecule has 0 aliphatic carbocycles. The van der Waals surface area contributed by atoms with Gasteiger partial charge >= 0.3 is 0 Å². The van der Waals surface area contributed by atoms with Gasteiger partial charge < -0.3 is 24.5 Å². The van der Waals surface area contributed by atoms with Gasteiger partial charge in [-0.25, -0.2) is 0 Å². The first-order valence-electron chi connectivity index (χ1n) is 11.0. The van der Waals surface area contributed by atoms with Crippen molar-refractivity contribution in [2.45, 2.75) is 25.8 Å². The quantitative estimate of drug-likeness (QED) is 0.483. The third-order valence-electron chi connectivity index (χ3n) is 6.24. The summed E-state index contributed by atoms with van der Waals surface area (Å²) >= 11 is 0. The molecule has 0 unspecified atom stereocenters. The number of hydrogen-bond acceptors (Lipinski definition) is 6. The van der Waals surface area contributed by atoms with E-state index in [1.54, 1.807) is 13.0 Å². The van der Waals surface area contributed by atoms with Gasteiger partial charge in [0, 0.05) is 22.0 Å². The second kappa shape index (κ2) is 8.31. The van der Waals surface area contributed by atoms with Crippen molar-refractivity contribution in [3.05, 3.63) is 53.1 Å². The molecule has 0 amide bonds. The zero-order chi connectivity index (χ0) is 22.2. The van der Waals surface area contributed by atoms with Crippen LogP contribution in [0.25, 0.3) is 10.9 Å². The Kier molecular flexibility index (Phi) is 5.35. The second-order valence-corrected chi connectivity index (χ2v) is 8.54. The fraction of sp³-hybridized carbons (Fsp3) is 0.360. The van der Waals surface area contributed by atoms with E-state index < -0.39 is 0 Å². The molecule has 3 aromatic rings. The molecule has 7 heteroatoms. The highest BCUT2D eigenvalue weighted by molar-refractivity contribution is 6.22. The van der Waals surface area contributed by atoms with Crippen LogP contribution in [0.2, 0.25) is 0 Å². The molecule has 32 heavy (non-hydrogen) atoms. The summed E-state index contributed by atoms with van der Waals surface area (Å²) in [6.45, 7) is 4.54. The van der Waals surface area contributed by atoms with E-state index in [4.69, 9.17) is 14.5 Å². The van der Waals surface area contributed by atoms with E-state index in [1.807, 2.05) is 30.3 Å². The van der Waals surface area contributed by atoms with Crippen LogP contribution in [0.5, 0.6) is 17.4 Å². The molecule has 0 spiro atoms. The average Bonchev–Trinajstić information content (AvgIpc) is 3.13. The van der Waals surface area contributed by atoms with Crippen molar-refractivity contribution in [3.8, 4) is 17.4 Å². The summed E-state index contributed by atoms with van der Waals surface area (Å²) in [7, 11) is 2.12. The van der Waals surface area contributed by atoms with Crippen molar-refractivity contribution in [3.63, 3.8) is 0 Å². The Labute approximate surface area is 186 Å². The van der Waals surface area contributed by atoms with Crippen LogP contribution in [0.1, 0.15) is 41.3 Å². The number of carbonyl (C=O) groups excluding carboxylic acids is 1. The zero-order valence-electron chi connectivity index (χ0n) is 18.4. The normalized spacial score (nSPS) is 17.6. The van der Waals surface area contributed by atoms with Gasteiger partial charge in [-0.2, -0.15) is 0 Å². The standard InChI is InChI=1S/C25H27N3O4/c1-15(29)16-3-5-20-19(13-16)23(25(30)27-20)24(26-18-7-9-28(2)10-8-18)17-4-6-21-22(14-17)32-12-11-31-21/h3-6,13-14,18,27,30H,7-12H2,1-2H3. The molecule has 5 rings (SSSR count). The SMILES string of the molecule is CC(=O)c1ccc2[nH]c(O)c(C(=NC3CCN(C)CC3)c3ccc4c(c3)OCCO4)c2c1. The molecule has 166 valence electrons. The van der Waals surface area contributed by atoms with Crippen molar-refractivity contribution in [1.82, 2.24) is 9.88 Å². The van der Waals surface area contributed by atoms with Crippen LogP contribution in [-0.2, 0) is 0 Å². The van der Waals surface area contributed by atoms with E-state index in [9.17, 15) is 9.90 Å². The van der Waals surface area contributed by atoms with Crippen LogP contribution >= 0.6 is 0 Å². The number of aromatic amines is 1. The van der Waals surface area contributed by atoms with Gasteiger partial charge in [0.2, 0.25) is 0 Å². The molecule has 2 N–H and O–H groups in total. The van der Waals surface area contributed by atoms with Crippen molar-refractivity contribution in [1.29, 1.82) is 0 Å². The highest BCUT2D eigenvalue weighted by Gasteiger charge is 2.24. The molecule has 0 atom stereocenters. The van der Waals surface area contributed by atoms with Gasteiger partial charge in [-0.3, -0.25) is 9.79 Å². The number of Topliss-reactive ketones (excluding diaryl/α,β-unsaturated/α-hetero) is 1. The van der Waals surface area contributed by atoms with Gasteiger partial charge in [-0.1, -0.05) is 0 Å². The third-order valence-corrected chi connectivity index (χ3v) is 6.24. The molecule has 2 aliphatic heterocycles. The molecule has 3 heterocycles. The molecule has 2 aliphatic rings. The van der Waals surface area contributed by atoms with Crippen LogP contribution in [-0.4, -0.2) is 65.9 Å². The van der Waals surface area contributed by atoms with Gasteiger partial charge in [0.1, 0.15) is 13.2 Å². The fourth-order valence-electron chi connectivity index (χ4n) is 4.42. The number of likely N-dealkylation sites (tertiary alicyclic amines) is 1. The maximum Gasteiger partial charge on any atom is 0.199 e. The van der Waals surface area contributed by atoms with Gasteiger partial charge in [-0.15, -0.1) is 0 Å². The number of benzene rings is 2. The number of nitrogens with one attached hydrogen (secondary N) is 1. The van der Waals surface area contributed by atoms with Crippen molar-refractivity contribution < 1.29 is 19.4 Å². The molecule has 7 nitrogen and oxygen atoms in total. The topological polar surface area (TPSA) is 87.2 Å². The highest BCUT2D eigenvalue weighted by Crippen LogP contribution is 2.36. The number of H-pyrrole nitrogens is 1. The largest absolute Gasteiger partial charge is 0.494 e. The lowest BCUT2D eigenvalue weighted by Crippen LogP contribution is -2.32. The number of ketones is 1. The van der Waals surface area contributed by atoms with Gasteiger partial charge in [0.25, 0.3) is 0 Å². The maximum absolute atomic E-state index is 12.0. The first-order chi connectivity index (χ1) is 15.5. The average molecular weight is 434 g/mol. The first-order valence-corrected chi connectivity index (χ1v) is 11.0. The summed E-state index contributed by atoms with van der Waals surface area (Å²) in [5, 5.41) is 11.7. The Morgan fingerprint density at radius 2 is 1.78 bits per heavy atom. The lowest BCUT2D eigenvalue weighted by Gasteiger charge is -2.27. The fourth-order valence-corrected chi connectivity index (χ4v) is 4.42. The predicted octanol–water partition coefficient (Wildman–Crippen LogP) is 3.78. The van der Waals surface area contributed by atoms with Crippen molar-refractivity contribution in [2.24, 2.45) is 4.99 Å². The predicted molar refractivity (Wildman–Crippen MR) is 124 cm³/mol. The van der Waals surface area contributed by atoms with Crippen LogP contribution < -0.4 is 9.47 Å². The molecule has 1 fully saturated rings. The first kappa shape index (κ1) is 20.6. The Morgan fingerprint density at radius 1 is 1.06 bits per heavy atom. The number of ether oxygens (including phenoxy) is 2. The summed E-state index contributed by atoms with van der Waals surface area (Å²) in [5.41, 5.74) is 3.51. The van der Waals surface area contributed by atoms with E-state index >= 15 is 0 Å². The van der Waals surface area contributed by atoms with Crippen LogP contribution in [0, 0.1) is 0 Å². The van der Waals surface area contributed by atoms with E-state index in [-0.39, 0.29) is 17.7 Å². The molecule has 0 radical (unpaired) electrons. The minimum Gasteiger partial charge on any atom is -0.494 e. The lowest BCUT2D eigenvalue weighted by molar-refractivity contribution is 0.101. The zero-order valence-corrected chi connectivity index (χ0v) is 18.4. The molecule has 1 aromatic heterocycles. The minimum atomic E-state index is -0.0216. The summed E-state index contributed by atoms with van der Waals surface area (Å²) in [6.07, 6.45) is 1.90. The maximum atomic E-state index is 12.0. The minimum absolute atomic E-state index is 0.0216. The number of rotatable bonds is 4. The van der Waals surface area contributed by atoms with E-state index in [2.05, 4.69) is 16.9 Å². The molecular weight excluding hydrogens is 406 g/mol. The monoisotopic (exact) mass is 433 g/mol. The summed E-state index contributed by atoms with van der Waals surface area (Å²) in [5.74, 6) is 1.41. The third kappa shape index (κ3) is 3.84. The number of carbonyl (C=O) groups is 1. The Bertz CT molecular complexity index is 1210. The number of aliphatic imine (C=N–C) groups is 1. The Hall–Kier alpha value is -3.32. The van der Waals surface area contributed by atoms with Crippen LogP contribution in [0.3, 0.4) is 0 Å². The summed E-state index contributed by atoms with van der Waals surface area (Å²) in [4.78, 5) is 22.5. The van der Waals surface area contributed by atoms with Crippen LogP contribution in [0.4, 0.5) is 0 Å². The summed E-state index contributed by atoms with van der Waals surface area (Å²) < 4.78 is 11.5. The van der Waals surface area contributed by atoms with Crippen molar-refractivity contribution in [2.75, 3.05) is 33.4 Å². The van der Waals surface area contributed by atoms with Crippen molar-refractivity contribution >= 4 is 22.4 Å². The summed E-state index contributed by atoms with van der Waals surface area (Å²) in [6, 6.07) is 11.3. The smallest absolute Gasteiger partial charge is 0.199 e. The number of aromatic nitrogens is 1. The van der Waals surface area contributed by atoms with E-state index in [1.165, 1.54) is 0 Å². The second-order valence-electron chi connectivity index (χ2n) is 8.54. The van der Waals surface area contributed by atoms with Gasteiger partial charge in [-0.05, 0) is 76.3 Å². The molecule has 1 saturated heterocycles. The number of nitrogens with zero attached hydrogens (tertiary/aromatic N) is 2.